The third kappa shape index (κ3) is 6.71. The summed E-state index contributed by atoms with van der Waals surface area (Å²) >= 11 is 28.5. The first-order chi connectivity index (χ1) is 18.6. The Kier molecular flexibility index (Phi) is 9.82. The van der Waals surface area contributed by atoms with Gasteiger partial charge in [0.1, 0.15) is 0 Å². The highest BCUT2D eigenvalue weighted by atomic mass is 35.5. The van der Waals surface area contributed by atoms with Crippen LogP contribution in [0, 0.1) is 0 Å². The van der Waals surface area contributed by atoms with E-state index in [2.05, 4.69) is 15.6 Å². The zero-order valence-electron chi connectivity index (χ0n) is 19.8. The number of carboxylic acid groups (broad SMARTS) is 1. The lowest BCUT2D eigenvalue weighted by Crippen LogP contribution is -2.24. The summed E-state index contributed by atoms with van der Waals surface area (Å²) in [6.07, 6.45) is 0.537. The highest BCUT2D eigenvalue weighted by Gasteiger charge is 2.29. The largest absolute Gasteiger partial charge is 0.478 e. The number of hydrogen-bond donors (Lipinski definition) is 3. The van der Waals surface area contributed by atoms with E-state index in [9.17, 15) is 19.5 Å². The first-order valence-electron chi connectivity index (χ1n) is 11.1. The molecule has 2 heterocycles. The highest BCUT2D eigenvalue weighted by Crippen LogP contribution is 2.42. The molecule has 1 unspecified atom stereocenters. The predicted octanol–water partition coefficient (Wildman–Crippen LogP) is 8.95. The number of thiazole rings is 1. The SMILES string of the molecule is CCC(Sc1cccc(NC(=O)c2c(Cl)c(Cl)c(Cl)c(Cl)c2C(=O)O)c1)C(=O)Nc1nc(-c2cccs2)cs1. The van der Waals surface area contributed by atoms with E-state index in [1.807, 2.05) is 29.8 Å². The van der Waals surface area contributed by atoms with Gasteiger partial charge in [0.15, 0.2) is 5.13 Å². The molecule has 2 aromatic carbocycles. The van der Waals surface area contributed by atoms with Gasteiger partial charge in [0.2, 0.25) is 5.91 Å². The van der Waals surface area contributed by atoms with Gasteiger partial charge in [-0.25, -0.2) is 9.78 Å². The van der Waals surface area contributed by atoms with Crippen LogP contribution in [0.3, 0.4) is 0 Å². The standard InChI is InChI=1S/C25H17Cl4N3O4S3/c1-2-14(22(33)32-25-31-13(10-38-25)15-7-4-8-37-15)39-12-6-3-5-11(9-12)30-23(34)16-17(24(35)36)19(27)21(29)20(28)18(16)26/h3-10,14H,2H2,1H3,(H,30,34)(H,35,36)(H,31,32,33). The number of amides is 2. The lowest BCUT2D eigenvalue weighted by atomic mass is 10.1. The van der Waals surface area contributed by atoms with Gasteiger partial charge in [-0.15, -0.1) is 34.4 Å². The van der Waals surface area contributed by atoms with E-state index in [0.717, 1.165) is 10.6 Å². The van der Waals surface area contributed by atoms with Gasteiger partial charge in [-0.2, -0.15) is 0 Å². The summed E-state index contributed by atoms with van der Waals surface area (Å²) in [5, 5.41) is 17.8. The molecule has 0 spiro atoms. The molecule has 2 amide bonds. The molecule has 1 atom stereocenters. The summed E-state index contributed by atoms with van der Waals surface area (Å²) in [7, 11) is 0. The van der Waals surface area contributed by atoms with Crippen molar-refractivity contribution in [1.29, 1.82) is 0 Å². The molecular weight excluding hydrogens is 644 g/mol. The van der Waals surface area contributed by atoms with Crippen LogP contribution < -0.4 is 10.6 Å². The summed E-state index contributed by atoms with van der Waals surface area (Å²) in [6, 6.07) is 10.7. The molecule has 14 heteroatoms. The number of aromatic carboxylic acids is 1. The zero-order valence-corrected chi connectivity index (χ0v) is 25.2. The van der Waals surface area contributed by atoms with E-state index < -0.39 is 33.3 Å². The Morgan fingerprint density at radius 1 is 0.974 bits per heavy atom. The number of carboxylic acids is 1. The molecule has 0 saturated heterocycles. The number of nitrogens with zero attached hydrogens (tertiary/aromatic N) is 1. The molecule has 0 aliphatic heterocycles. The maximum Gasteiger partial charge on any atom is 0.338 e. The maximum atomic E-state index is 13.1. The van der Waals surface area contributed by atoms with Gasteiger partial charge in [-0.1, -0.05) is 65.5 Å². The van der Waals surface area contributed by atoms with Crippen LogP contribution in [0.4, 0.5) is 10.8 Å². The second-order valence-corrected chi connectivity index (χ2v) is 12.4. The summed E-state index contributed by atoms with van der Waals surface area (Å²) in [5.41, 5.74) is 0.170. The van der Waals surface area contributed by atoms with Crippen LogP contribution >= 0.6 is 80.8 Å². The van der Waals surface area contributed by atoms with Crippen LogP contribution in [0.2, 0.25) is 20.1 Å². The topological polar surface area (TPSA) is 108 Å². The Labute approximate surface area is 255 Å². The first-order valence-corrected chi connectivity index (χ1v) is 15.2. The van der Waals surface area contributed by atoms with Crippen molar-refractivity contribution in [2.75, 3.05) is 10.6 Å². The van der Waals surface area contributed by atoms with E-state index in [1.54, 1.807) is 35.6 Å². The van der Waals surface area contributed by atoms with Crippen molar-refractivity contribution < 1.29 is 19.5 Å². The third-order valence-corrected chi connectivity index (χ3v) is 10.1. The average Bonchev–Trinajstić information content (AvgIpc) is 3.60. The van der Waals surface area contributed by atoms with Gasteiger partial charge in [-0.3, -0.25) is 9.59 Å². The summed E-state index contributed by atoms with van der Waals surface area (Å²) in [4.78, 5) is 44.1. The number of carbonyl (C=O) groups is 3. The Morgan fingerprint density at radius 3 is 2.33 bits per heavy atom. The normalized spacial score (nSPS) is 11.7. The first kappa shape index (κ1) is 29.7. The number of thiophene rings is 1. The van der Waals surface area contributed by atoms with E-state index in [4.69, 9.17) is 46.4 Å². The van der Waals surface area contributed by atoms with Crippen molar-refractivity contribution in [3.05, 3.63) is 78.4 Å². The second kappa shape index (κ2) is 12.9. The van der Waals surface area contributed by atoms with Crippen molar-refractivity contribution in [1.82, 2.24) is 4.98 Å². The van der Waals surface area contributed by atoms with Crippen LogP contribution in [0.25, 0.3) is 10.6 Å². The third-order valence-electron chi connectivity index (χ3n) is 5.25. The monoisotopic (exact) mass is 659 g/mol. The molecule has 0 fully saturated rings. The number of aromatic nitrogens is 1. The summed E-state index contributed by atoms with van der Waals surface area (Å²) in [5.74, 6) is -2.53. The molecule has 3 N–H and O–H groups in total. The summed E-state index contributed by atoms with van der Waals surface area (Å²) < 4.78 is 0. The van der Waals surface area contributed by atoms with Gasteiger partial charge in [0.25, 0.3) is 5.91 Å². The molecule has 0 aliphatic carbocycles. The van der Waals surface area contributed by atoms with Crippen molar-refractivity contribution in [3.8, 4) is 10.6 Å². The maximum absolute atomic E-state index is 13.1. The molecular formula is C25H17Cl4N3O4S3. The van der Waals surface area contributed by atoms with Gasteiger partial charge in [0.05, 0.1) is 47.0 Å². The minimum Gasteiger partial charge on any atom is -0.478 e. The predicted molar refractivity (Wildman–Crippen MR) is 162 cm³/mol. The lowest BCUT2D eigenvalue weighted by Gasteiger charge is -2.16. The van der Waals surface area contributed by atoms with Crippen LogP contribution in [0.15, 0.2) is 52.1 Å². The van der Waals surface area contributed by atoms with Crippen molar-refractivity contribution in [2.24, 2.45) is 0 Å². The zero-order chi connectivity index (χ0) is 28.3. The number of nitrogens with one attached hydrogen (secondary N) is 2. The van der Waals surface area contributed by atoms with Crippen molar-refractivity contribution >= 4 is 109 Å². The Morgan fingerprint density at radius 2 is 1.69 bits per heavy atom. The molecule has 0 aliphatic rings. The van der Waals surface area contributed by atoms with E-state index in [0.29, 0.717) is 22.1 Å². The second-order valence-electron chi connectivity index (χ2n) is 7.81. The molecule has 202 valence electrons. The number of hydrogen-bond acceptors (Lipinski definition) is 7. The molecule has 7 nitrogen and oxygen atoms in total. The Bertz CT molecular complexity index is 1560. The Hall–Kier alpha value is -2.31. The molecule has 0 bridgehead atoms. The fourth-order valence-electron chi connectivity index (χ4n) is 3.43. The molecule has 2 aromatic heterocycles. The van der Waals surface area contributed by atoms with Crippen LogP contribution in [0.1, 0.15) is 34.1 Å². The molecule has 4 rings (SSSR count). The van der Waals surface area contributed by atoms with E-state index >= 15 is 0 Å². The number of anilines is 2. The molecule has 39 heavy (non-hydrogen) atoms. The quantitative estimate of drug-likeness (QED) is 0.0939. The smallest absolute Gasteiger partial charge is 0.338 e. The minimum absolute atomic E-state index is 0.202. The number of carbonyl (C=O) groups excluding carboxylic acids is 2. The number of rotatable bonds is 9. The molecule has 0 radical (unpaired) electrons. The van der Waals surface area contributed by atoms with Crippen molar-refractivity contribution in [3.63, 3.8) is 0 Å². The summed E-state index contributed by atoms with van der Waals surface area (Å²) in [6.45, 7) is 1.89. The van der Waals surface area contributed by atoms with Crippen LogP contribution in [0.5, 0.6) is 0 Å². The number of benzene rings is 2. The molecule has 4 aromatic rings. The van der Waals surface area contributed by atoms with Gasteiger partial charge < -0.3 is 15.7 Å². The molecule has 0 saturated carbocycles. The van der Waals surface area contributed by atoms with Crippen molar-refractivity contribution in [2.45, 2.75) is 23.5 Å². The number of thioether (sulfide) groups is 1. The fraction of sp³-hybridized carbons (Fsp3) is 0.120. The Balaban J connectivity index is 1.49. The van der Waals surface area contributed by atoms with Gasteiger partial charge >= 0.3 is 5.97 Å². The average molecular weight is 661 g/mol. The van der Waals surface area contributed by atoms with Crippen LogP contribution in [-0.2, 0) is 4.79 Å². The fourth-order valence-corrected chi connectivity index (χ4v) is 6.93. The van der Waals surface area contributed by atoms with Gasteiger partial charge in [-0.05, 0) is 36.1 Å². The van der Waals surface area contributed by atoms with Crippen LogP contribution in [-0.4, -0.2) is 33.1 Å². The number of halogens is 4. The minimum atomic E-state index is -1.49. The van der Waals surface area contributed by atoms with E-state index in [-0.39, 0.29) is 21.0 Å². The lowest BCUT2D eigenvalue weighted by molar-refractivity contribution is -0.115. The highest BCUT2D eigenvalue weighted by molar-refractivity contribution is 8.00. The van der Waals surface area contributed by atoms with Gasteiger partial charge in [0, 0.05) is 16.0 Å². The van der Waals surface area contributed by atoms with E-state index in [1.165, 1.54) is 23.1 Å².